The summed E-state index contributed by atoms with van der Waals surface area (Å²) in [6, 6.07) is 6.91. The Morgan fingerprint density at radius 1 is 1.08 bits per heavy atom. The fourth-order valence-electron chi connectivity index (χ4n) is 3.62. The van der Waals surface area contributed by atoms with Gasteiger partial charge < -0.3 is 5.32 Å². The number of aryl methyl sites for hydroxylation is 1. The second-order valence-electron chi connectivity index (χ2n) is 6.88. The first kappa shape index (κ1) is 16.2. The number of hydrogen-bond acceptors (Lipinski definition) is 4. The van der Waals surface area contributed by atoms with Crippen LogP contribution in [0.1, 0.15) is 44.1 Å². The lowest BCUT2D eigenvalue weighted by Crippen LogP contribution is -2.42. The highest BCUT2D eigenvalue weighted by atomic mass is 32.2. The molecule has 2 N–H and O–H groups in total. The van der Waals surface area contributed by atoms with E-state index < -0.39 is 0 Å². The van der Waals surface area contributed by atoms with Crippen LogP contribution in [0.25, 0.3) is 0 Å². The monoisotopic (exact) mass is 341 g/mol. The summed E-state index contributed by atoms with van der Waals surface area (Å²) in [5.41, 5.74) is 7.61. The molecule has 1 aromatic rings. The Morgan fingerprint density at radius 3 is 2.88 bits per heavy atom. The lowest BCUT2D eigenvalue weighted by Gasteiger charge is -2.27. The molecule has 3 nitrogen and oxygen atoms in total. The van der Waals surface area contributed by atoms with Gasteiger partial charge in [0.05, 0.1) is 5.69 Å². The van der Waals surface area contributed by atoms with E-state index in [1.165, 1.54) is 71.9 Å². The molecular formula is C20H27N3S. The molecule has 1 aliphatic carbocycles. The Hall–Kier alpha value is -1.23. The molecular weight excluding hydrogens is 314 g/mol. The molecule has 0 atom stereocenters. The maximum absolute atomic E-state index is 3.59. The van der Waals surface area contributed by atoms with E-state index in [2.05, 4.69) is 46.1 Å². The normalized spacial score (nSPS) is 20.5. The summed E-state index contributed by atoms with van der Waals surface area (Å²) >= 11 is 1.92. The molecule has 0 amide bonds. The molecule has 1 fully saturated rings. The number of anilines is 1. The second-order valence-corrected chi connectivity index (χ2v) is 7.96. The molecule has 4 rings (SSSR count). The maximum atomic E-state index is 3.59. The predicted molar refractivity (Wildman–Crippen MR) is 103 cm³/mol. The van der Waals surface area contributed by atoms with Gasteiger partial charge in [0.2, 0.25) is 0 Å². The Morgan fingerprint density at radius 2 is 1.96 bits per heavy atom. The van der Waals surface area contributed by atoms with Gasteiger partial charge in [-0.15, -0.1) is 0 Å². The van der Waals surface area contributed by atoms with E-state index in [1.54, 1.807) is 0 Å². The summed E-state index contributed by atoms with van der Waals surface area (Å²) in [6.07, 6.45) is 13.4. The molecule has 0 saturated carbocycles. The summed E-state index contributed by atoms with van der Waals surface area (Å²) in [4.78, 5) is 2.78. The zero-order valence-electron chi connectivity index (χ0n) is 14.3. The first-order valence-electron chi connectivity index (χ1n) is 9.35. The van der Waals surface area contributed by atoms with Crippen LogP contribution in [0.15, 0.2) is 45.8 Å². The van der Waals surface area contributed by atoms with Gasteiger partial charge in [-0.2, -0.15) is 0 Å². The highest BCUT2D eigenvalue weighted by molar-refractivity contribution is 8.03. The van der Waals surface area contributed by atoms with Gasteiger partial charge in [0.25, 0.3) is 0 Å². The van der Waals surface area contributed by atoms with Crippen LogP contribution in [0.4, 0.5) is 5.69 Å². The van der Waals surface area contributed by atoms with Crippen LogP contribution in [0.3, 0.4) is 0 Å². The topological polar surface area (TPSA) is 27.3 Å². The van der Waals surface area contributed by atoms with Crippen LogP contribution >= 0.6 is 11.8 Å². The molecule has 0 bridgehead atoms. The van der Waals surface area contributed by atoms with Gasteiger partial charge >= 0.3 is 0 Å². The third-order valence-corrected chi connectivity index (χ3v) is 6.14. The van der Waals surface area contributed by atoms with E-state index in [0.29, 0.717) is 0 Å². The van der Waals surface area contributed by atoms with Crippen molar-refractivity contribution in [3.8, 4) is 0 Å². The van der Waals surface area contributed by atoms with E-state index in [9.17, 15) is 0 Å². The maximum Gasteiger partial charge on any atom is 0.0526 e. The van der Waals surface area contributed by atoms with Gasteiger partial charge in [-0.1, -0.05) is 36.4 Å². The molecule has 0 radical (unpaired) electrons. The third kappa shape index (κ3) is 3.88. The highest BCUT2D eigenvalue weighted by Gasteiger charge is 2.19. The van der Waals surface area contributed by atoms with E-state index in [1.807, 2.05) is 11.8 Å². The molecule has 2 heterocycles. The van der Waals surface area contributed by atoms with Crippen molar-refractivity contribution in [3.05, 3.63) is 46.5 Å². The Bertz CT molecular complexity index is 644. The van der Waals surface area contributed by atoms with Gasteiger partial charge in [0.1, 0.15) is 0 Å². The summed E-state index contributed by atoms with van der Waals surface area (Å²) in [7, 11) is 0. The zero-order chi connectivity index (χ0) is 16.2. The largest absolute Gasteiger partial charge is 0.354 e. The summed E-state index contributed by atoms with van der Waals surface area (Å²) < 4.78 is 0. The molecule has 4 heteroatoms. The van der Waals surface area contributed by atoms with Crippen LogP contribution < -0.4 is 10.7 Å². The van der Waals surface area contributed by atoms with E-state index in [0.717, 1.165) is 19.4 Å². The third-order valence-electron chi connectivity index (χ3n) is 4.98. The number of piperidine rings is 1. The summed E-state index contributed by atoms with van der Waals surface area (Å²) in [6.45, 7) is 3.51. The van der Waals surface area contributed by atoms with Crippen LogP contribution in [-0.4, -0.2) is 24.6 Å². The minimum Gasteiger partial charge on any atom is -0.354 e. The Balaban J connectivity index is 1.31. The molecule has 0 aromatic heterocycles. The number of nitrogens with one attached hydrogen (secondary N) is 2. The van der Waals surface area contributed by atoms with Crippen LogP contribution in [-0.2, 0) is 6.42 Å². The predicted octanol–water partition coefficient (Wildman–Crippen LogP) is 4.69. The Kier molecular flexibility index (Phi) is 5.26. The molecule has 0 spiro atoms. The lowest BCUT2D eigenvalue weighted by atomic mass is 10.1. The number of thioether (sulfide) groups is 1. The average Bonchev–Trinajstić information content (AvgIpc) is 2.64. The van der Waals surface area contributed by atoms with Gasteiger partial charge in [-0.25, -0.2) is 5.01 Å². The average molecular weight is 342 g/mol. The molecule has 1 aromatic carbocycles. The van der Waals surface area contributed by atoms with E-state index >= 15 is 0 Å². The van der Waals surface area contributed by atoms with Crippen molar-refractivity contribution in [1.82, 2.24) is 10.4 Å². The second kappa shape index (κ2) is 7.77. The quantitative estimate of drug-likeness (QED) is 0.760. The minimum absolute atomic E-state index is 1.08. The van der Waals surface area contributed by atoms with Crippen molar-refractivity contribution < 1.29 is 0 Å². The fourth-order valence-corrected chi connectivity index (χ4v) is 4.74. The molecule has 0 unspecified atom stereocenters. The van der Waals surface area contributed by atoms with Crippen molar-refractivity contribution in [2.75, 3.05) is 25.0 Å². The van der Waals surface area contributed by atoms with E-state index in [-0.39, 0.29) is 0 Å². The fraction of sp³-hybridized carbons (Fsp3) is 0.500. The number of rotatable bonds is 5. The van der Waals surface area contributed by atoms with Gasteiger partial charge in [0.15, 0.2) is 0 Å². The Labute approximate surface area is 149 Å². The number of hydrogen-bond donors (Lipinski definition) is 2. The first-order valence-corrected chi connectivity index (χ1v) is 10.2. The summed E-state index contributed by atoms with van der Waals surface area (Å²) in [5.74, 6) is 0. The van der Waals surface area contributed by atoms with Crippen LogP contribution in [0, 0.1) is 0 Å². The highest BCUT2D eigenvalue weighted by Crippen LogP contribution is 2.44. The first-order chi connectivity index (χ1) is 11.9. The standard InChI is InChI=1S/C20H27N3S/c1-4-13-23(14-5-1)21-12-6-7-16-10-11-18-20(15-16)24-19-9-3-2-8-17(19)22-18/h8-11,15,21-22H,1-7,12-14H2. The molecule has 1 saturated heterocycles. The van der Waals surface area contributed by atoms with Gasteiger partial charge in [0, 0.05) is 35.1 Å². The van der Waals surface area contributed by atoms with Crippen molar-refractivity contribution >= 4 is 17.4 Å². The number of fused-ring (bicyclic) bond motifs is 2. The molecule has 3 aliphatic rings. The minimum atomic E-state index is 1.08. The van der Waals surface area contributed by atoms with Gasteiger partial charge in [-0.05, 0) is 56.2 Å². The SMILES string of the molecule is C1=C2Nc3ccc(CCCNN4CCCCC4)cc3SC2=CCC1. The molecule has 24 heavy (non-hydrogen) atoms. The number of nitrogens with zero attached hydrogens (tertiary/aromatic N) is 1. The van der Waals surface area contributed by atoms with Crippen LogP contribution in [0.2, 0.25) is 0 Å². The van der Waals surface area contributed by atoms with E-state index in [4.69, 9.17) is 0 Å². The zero-order valence-corrected chi connectivity index (χ0v) is 15.1. The number of hydrazine groups is 1. The van der Waals surface area contributed by atoms with Gasteiger partial charge in [-0.3, -0.25) is 5.43 Å². The molecule has 128 valence electrons. The summed E-state index contributed by atoms with van der Waals surface area (Å²) in [5, 5.41) is 5.99. The van der Waals surface area contributed by atoms with Crippen molar-refractivity contribution in [2.24, 2.45) is 0 Å². The molecule has 2 aliphatic heterocycles. The lowest BCUT2D eigenvalue weighted by molar-refractivity contribution is 0.154. The van der Waals surface area contributed by atoms with Crippen LogP contribution in [0.5, 0.6) is 0 Å². The van der Waals surface area contributed by atoms with Crippen molar-refractivity contribution in [3.63, 3.8) is 0 Å². The smallest absolute Gasteiger partial charge is 0.0526 e. The van der Waals surface area contributed by atoms with Crippen molar-refractivity contribution in [2.45, 2.75) is 49.8 Å². The number of benzene rings is 1. The number of allylic oxidation sites excluding steroid dienone is 2. The van der Waals surface area contributed by atoms with Crippen molar-refractivity contribution in [1.29, 1.82) is 0 Å².